The van der Waals surface area contributed by atoms with Gasteiger partial charge in [0.25, 0.3) is 5.87 Å². The number of nitrogens with zero attached hydrogens (tertiary/aromatic N) is 2. The second-order valence-electron chi connectivity index (χ2n) is 9.75. The molecule has 0 bridgehead atoms. The van der Waals surface area contributed by atoms with Gasteiger partial charge in [-0.3, -0.25) is 0 Å². The third kappa shape index (κ3) is 10.6. The summed E-state index contributed by atoms with van der Waals surface area (Å²) in [6, 6.07) is 18.2. The maximum Gasteiger partial charge on any atom is 0.299 e. The van der Waals surface area contributed by atoms with Gasteiger partial charge in [0.05, 0.1) is 6.08 Å². The average molecular weight is 471 g/mol. The Balaban J connectivity index is 2.36. The summed E-state index contributed by atoms with van der Waals surface area (Å²) in [5, 5.41) is 0. The Hall–Kier alpha value is -2.66. The van der Waals surface area contributed by atoms with Crippen LogP contribution in [-0.2, 0) is 12.8 Å². The molecule has 0 saturated heterocycles. The minimum absolute atomic E-state index is 0.939. The van der Waals surface area contributed by atoms with E-state index in [2.05, 4.69) is 80.0 Å². The maximum atomic E-state index is 9.08. The van der Waals surface area contributed by atoms with Crippen molar-refractivity contribution in [2.24, 2.45) is 0 Å². The van der Waals surface area contributed by atoms with E-state index < -0.39 is 0 Å². The molecule has 2 heteroatoms. The van der Waals surface area contributed by atoms with Crippen molar-refractivity contribution in [1.29, 1.82) is 0 Å². The van der Waals surface area contributed by atoms with Crippen molar-refractivity contribution in [3.63, 3.8) is 0 Å². The highest BCUT2D eigenvalue weighted by atomic mass is 14.8. The Morgan fingerprint density at radius 3 is 2.06 bits per heavy atom. The fourth-order valence-electron chi connectivity index (χ4n) is 4.69. The monoisotopic (exact) mass is 470 g/mol. The van der Waals surface area contributed by atoms with Crippen LogP contribution in [-0.4, -0.2) is 10.7 Å². The summed E-state index contributed by atoms with van der Waals surface area (Å²) in [6.07, 6.45) is 19.0. The highest BCUT2D eigenvalue weighted by Crippen LogP contribution is 2.31. The molecule has 0 atom stereocenters. The van der Waals surface area contributed by atoms with E-state index in [1.807, 2.05) is 6.08 Å². The number of unbranched alkanes of at least 4 members (excludes halogenated alkanes) is 8. The number of hydrogen-bond donors (Lipinski definition) is 0. The van der Waals surface area contributed by atoms with Gasteiger partial charge in [0.2, 0.25) is 0 Å². The van der Waals surface area contributed by atoms with Gasteiger partial charge in [-0.15, -0.1) is 4.79 Å². The van der Waals surface area contributed by atoms with Crippen molar-refractivity contribution in [1.82, 2.24) is 0 Å². The smallest absolute Gasteiger partial charge is 0.299 e. The molecule has 2 aromatic carbocycles. The van der Waals surface area contributed by atoms with Crippen LogP contribution >= 0.6 is 0 Å². The zero-order chi connectivity index (χ0) is 25.1. The van der Waals surface area contributed by atoms with E-state index in [0.29, 0.717) is 0 Å². The first-order valence-electron chi connectivity index (χ1n) is 14.1. The molecule has 35 heavy (non-hydrogen) atoms. The number of benzene rings is 2. The van der Waals surface area contributed by atoms with Gasteiger partial charge in [-0.1, -0.05) is 121 Å². The third-order valence-corrected chi connectivity index (χ3v) is 6.76. The lowest BCUT2D eigenvalue weighted by molar-refractivity contribution is 0.00800. The predicted octanol–water partition coefficient (Wildman–Crippen LogP) is 9.77. The molecule has 0 spiro atoms. The van der Waals surface area contributed by atoms with Crippen molar-refractivity contribution in [2.75, 3.05) is 0 Å². The van der Waals surface area contributed by atoms with Crippen LogP contribution < -0.4 is 0 Å². The van der Waals surface area contributed by atoms with Crippen molar-refractivity contribution in [3.8, 4) is 0 Å². The predicted molar refractivity (Wildman–Crippen MR) is 152 cm³/mol. The van der Waals surface area contributed by atoms with Crippen LogP contribution in [0.5, 0.6) is 0 Å². The van der Waals surface area contributed by atoms with Gasteiger partial charge in [0.1, 0.15) is 0 Å². The van der Waals surface area contributed by atoms with Gasteiger partial charge in [0, 0.05) is 0 Å². The quantitative estimate of drug-likeness (QED) is 0.0725. The Kier molecular flexibility index (Phi) is 14.5. The van der Waals surface area contributed by atoms with Crippen LogP contribution in [0.15, 0.2) is 60.2 Å². The summed E-state index contributed by atoms with van der Waals surface area (Å²) >= 11 is 0. The fraction of sp³-hybridized carbons (Fsp3) is 0.515. The molecular formula is C33H46N2. The van der Waals surface area contributed by atoms with Crippen LogP contribution in [0.2, 0.25) is 0 Å². The second-order valence-corrected chi connectivity index (χ2v) is 9.75. The van der Waals surface area contributed by atoms with Crippen molar-refractivity contribution in [3.05, 3.63) is 88.0 Å². The Bertz CT molecular complexity index is 970. The van der Waals surface area contributed by atoms with Crippen LogP contribution in [0, 0.1) is 0 Å². The first kappa shape index (κ1) is 28.6. The molecular weight excluding hydrogens is 424 g/mol. The first-order valence-corrected chi connectivity index (χ1v) is 14.1. The van der Waals surface area contributed by atoms with Crippen LogP contribution in [0.25, 0.3) is 11.1 Å². The van der Waals surface area contributed by atoms with E-state index in [9.17, 15) is 0 Å². The molecule has 188 valence electrons. The summed E-state index contributed by atoms with van der Waals surface area (Å²) in [5.74, 6) is 2.69. The summed E-state index contributed by atoms with van der Waals surface area (Å²) in [6.45, 7) is 6.74. The molecule has 0 radical (unpaired) electrons. The zero-order valence-electron chi connectivity index (χ0n) is 22.5. The van der Waals surface area contributed by atoms with Crippen LogP contribution in [0.3, 0.4) is 0 Å². The Morgan fingerprint density at radius 1 is 0.714 bits per heavy atom. The Labute approximate surface area is 214 Å². The minimum atomic E-state index is 0.939. The first-order chi connectivity index (χ1) is 17.2. The van der Waals surface area contributed by atoms with Crippen molar-refractivity contribution in [2.45, 2.75) is 111 Å². The van der Waals surface area contributed by atoms with Gasteiger partial charge >= 0.3 is 0 Å². The summed E-state index contributed by atoms with van der Waals surface area (Å²) in [4.78, 5) is 3.16. The molecule has 0 aliphatic rings. The van der Waals surface area contributed by atoms with E-state index >= 15 is 0 Å². The van der Waals surface area contributed by atoms with Crippen molar-refractivity contribution >= 4 is 11.4 Å². The average Bonchev–Trinajstić information content (AvgIpc) is 2.89. The number of aryl methyl sites for hydroxylation is 2. The SMILES string of the molecule is CCCCCCCCc1cccc(C(=C(C=C=[N+]=[N-])CCCC)c2ccc(CCCCC)cc2)c1. The zero-order valence-corrected chi connectivity index (χ0v) is 22.5. The highest BCUT2D eigenvalue weighted by molar-refractivity contribution is 5.85. The van der Waals surface area contributed by atoms with Gasteiger partial charge in [-0.2, -0.15) is 0 Å². The standard InChI is InChI=1S/C33H46N2/c1-4-7-10-11-12-14-17-29-18-15-20-32(27-29)33(30(19-9-6-3)25-26-35-34)31-23-21-28(22-24-31)16-13-8-5-2/h15,18,20-25,27H,4-14,16-17,19H2,1-3H3. The van der Waals surface area contributed by atoms with Gasteiger partial charge < -0.3 is 5.53 Å². The molecule has 0 fully saturated rings. The normalized spacial score (nSPS) is 11.5. The fourth-order valence-corrected chi connectivity index (χ4v) is 4.69. The molecule has 2 aromatic rings. The molecule has 0 saturated carbocycles. The van der Waals surface area contributed by atoms with Crippen LogP contribution in [0.1, 0.15) is 120 Å². The summed E-state index contributed by atoms with van der Waals surface area (Å²) in [7, 11) is 0. The third-order valence-electron chi connectivity index (χ3n) is 6.76. The highest BCUT2D eigenvalue weighted by Gasteiger charge is 2.12. The second kappa shape index (κ2) is 17.7. The van der Waals surface area contributed by atoms with Gasteiger partial charge in [-0.05, 0) is 71.9 Å². The lowest BCUT2D eigenvalue weighted by Gasteiger charge is -2.15. The summed E-state index contributed by atoms with van der Waals surface area (Å²) in [5.41, 5.74) is 16.8. The van der Waals surface area contributed by atoms with E-state index in [-0.39, 0.29) is 0 Å². The van der Waals surface area contributed by atoms with E-state index in [1.165, 1.54) is 91.2 Å². The maximum absolute atomic E-state index is 9.08. The van der Waals surface area contributed by atoms with Crippen LogP contribution in [0.4, 0.5) is 0 Å². The Morgan fingerprint density at radius 2 is 1.34 bits per heavy atom. The number of rotatable bonds is 17. The molecule has 2 rings (SSSR count). The molecule has 0 aliphatic carbocycles. The molecule has 0 heterocycles. The minimum Gasteiger partial charge on any atom is -0.348 e. The largest absolute Gasteiger partial charge is 0.348 e. The molecule has 0 aliphatic heterocycles. The number of hydrogen-bond acceptors (Lipinski definition) is 0. The molecule has 0 amide bonds. The molecule has 0 N–H and O–H groups in total. The van der Waals surface area contributed by atoms with Crippen molar-refractivity contribution < 1.29 is 4.79 Å². The van der Waals surface area contributed by atoms with E-state index in [4.69, 9.17) is 5.53 Å². The lowest BCUT2D eigenvalue weighted by Crippen LogP contribution is -1.97. The molecule has 0 aromatic heterocycles. The van der Waals surface area contributed by atoms with Gasteiger partial charge in [0.15, 0.2) is 0 Å². The van der Waals surface area contributed by atoms with E-state index in [1.54, 1.807) is 0 Å². The van der Waals surface area contributed by atoms with Gasteiger partial charge in [-0.25, -0.2) is 0 Å². The molecule has 0 unspecified atom stereocenters. The lowest BCUT2D eigenvalue weighted by atomic mass is 9.88. The molecule has 2 nitrogen and oxygen atoms in total. The van der Waals surface area contributed by atoms with E-state index in [0.717, 1.165) is 32.1 Å². The summed E-state index contributed by atoms with van der Waals surface area (Å²) < 4.78 is 0. The topological polar surface area (TPSA) is 36.4 Å². The number of allylic oxidation sites excluding steroid dienone is 2.